The van der Waals surface area contributed by atoms with Gasteiger partial charge in [-0.25, -0.2) is 0 Å². The molecule has 0 aliphatic rings. The summed E-state index contributed by atoms with van der Waals surface area (Å²) in [7, 11) is 0. The topological polar surface area (TPSA) is 37.3 Å². The summed E-state index contributed by atoms with van der Waals surface area (Å²) in [6.45, 7) is 5.40. The average Bonchev–Trinajstić information content (AvgIpc) is 2.42. The summed E-state index contributed by atoms with van der Waals surface area (Å²) in [6, 6.07) is 6.03. The van der Waals surface area contributed by atoms with Gasteiger partial charge < -0.3 is 5.32 Å². The minimum atomic E-state index is 0.987. The lowest BCUT2D eigenvalue weighted by Gasteiger charge is -2.02. The summed E-state index contributed by atoms with van der Waals surface area (Å²) in [5.74, 6) is 0. The number of nitrogens with zero attached hydrogens (tertiary/aromatic N) is 2. The number of unbranched alkanes of at least 4 members (excludes halogenated alkanes) is 1. The number of aliphatic imine (C=N–C) groups is 1. The second kappa shape index (κ2) is 10.4. The number of allylic oxidation sites excluding steroid dienone is 3. The highest BCUT2D eigenvalue weighted by molar-refractivity contribution is 5.26. The summed E-state index contributed by atoms with van der Waals surface area (Å²) < 4.78 is 0. The summed E-state index contributed by atoms with van der Waals surface area (Å²) >= 11 is 0. The van der Waals surface area contributed by atoms with Gasteiger partial charge in [0.15, 0.2) is 0 Å². The third-order valence-corrected chi connectivity index (χ3v) is 2.45. The standard InChI is InChI=1S/C15H21N3/c1-16-11-6-3-2-4-7-12-17-14-10-15-9-5-8-13-18-15/h2-3,5-6,8-9,11,13,17H,1,4,7,10,12,14H2/b3-2-,11-6-. The van der Waals surface area contributed by atoms with Gasteiger partial charge in [-0.2, -0.15) is 0 Å². The number of nitrogens with one attached hydrogen (secondary N) is 1. The number of rotatable bonds is 9. The van der Waals surface area contributed by atoms with Crippen LogP contribution in [0.4, 0.5) is 0 Å². The quantitative estimate of drug-likeness (QED) is 0.411. The first kappa shape index (κ1) is 14.3. The first-order valence-electron chi connectivity index (χ1n) is 6.31. The Balaban J connectivity index is 1.94. The second-order valence-electron chi connectivity index (χ2n) is 3.92. The minimum absolute atomic E-state index is 0.987. The normalized spacial score (nSPS) is 11.3. The van der Waals surface area contributed by atoms with Crippen LogP contribution in [-0.2, 0) is 6.42 Å². The third-order valence-electron chi connectivity index (χ3n) is 2.45. The van der Waals surface area contributed by atoms with E-state index in [1.54, 1.807) is 6.20 Å². The fourth-order valence-corrected chi connectivity index (χ4v) is 1.52. The molecule has 0 aromatic carbocycles. The minimum Gasteiger partial charge on any atom is -0.316 e. The summed E-state index contributed by atoms with van der Waals surface area (Å²) in [5, 5.41) is 3.42. The average molecular weight is 243 g/mol. The van der Waals surface area contributed by atoms with Gasteiger partial charge in [0.25, 0.3) is 0 Å². The zero-order chi connectivity index (χ0) is 12.9. The van der Waals surface area contributed by atoms with Crippen molar-refractivity contribution in [2.24, 2.45) is 4.99 Å². The van der Waals surface area contributed by atoms with Crippen LogP contribution in [0.2, 0.25) is 0 Å². The molecule has 1 heterocycles. The highest BCUT2D eigenvalue weighted by Gasteiger charge is 1.92. The van der Waals surface area contributed by atoms with Gasteiger partial charge in [-0.1, -0.05) is 18.2 Å². The van der Waals surface area contributed by atoms with E-state index in [9.17, 15) is 0 Å². The predicted molar refractivity (Wildman–Crippen MR) is 77.9 cm³/mol. The maximum atomic E-state index is 4.28. The molecule has 96 valence electrons. The molecule has 18 heavy (non-hydrogen) atoms. The van der Waals surface area contributed by atoms with Crippen LogP contribution in [-0.4, -0.2) is 24.8 Å². The van der Waals surface area contributed by atoms with Crippen molar-refractivity contribution < 1.29 is 0 Å². The van der Waals surface area contributed by atoms with Crippen LogP contribution in [0.25, 0.3) is 0 Å². The molecule has 1 aromatic heterocycles. The zero-order valence-electron chi connectivity index (χ0n) is 10.8. The predicted octanol–water partition coefficient (Wildman–Crippen LogP) is 2.76. The van der Waals surface area contributed by atoms with Crippen LogP contribution in [0.15, 0.2) is 53.8 Å². The van der Waals surface area contributed by atoms with E-state index >= 15 is 0 Å². The van der Waals surface area contributed by atoms with E-state index in [1.165, 1.54) is 0 Å². The van der Waals surface area contributed by atoms with Gasteiger partial charge in [-0.15, -0.1) is 0 Å². The Labute approximate surface area is 109 Å². The van der Waals surface area contributed by atoms with E-state index in [0.29, 0.717) is 0 Å². The summed E-state index contributed by atoms with van der Waals surface area (Å²) in [5.41, 5.74) is 1.15. The maximum Gasteiger partial charge on any atom is 0.0416 e. The molecule has 0 atom stereocenters. The molecule has 0 amide bonds. The molecule has 3 heteroatoms. The van der Waals surface area contributed by atoms with Crippen molar-refractivity contribution in [2.45, 2.75) is 19.3 Å². The molecule has 3 nitrogen and oxygen atoms in total. The van der Waals surface area contributed by atoms with Gasteiger partial charge in [0.05, 0.1) is 0 Å². The lowest BCUT2D eigenvalue weighted by atomic mass is 10.2. The molecule has 0 saturated heterocycles. The Bertz CT molecular complexity index is 369. The van der Waals surface area contributed by atoms with Crippen molar-refractivity contribution >= 4 is 6.72 Å². The molecule has 1 rings (SSSR count). The van der Waals surface area contributed by atoms with E-state index in [2.05, 4.69) is 34.2 Å². The fraction of sp³-hybridized carbons (Fsp3) is 0.333. The molecule has 0 spiro atoms. The van der Waals surface area contributed by atoms with E-state index in [0.717, 1.165) is 38.0 Å². The van der Waals surface area contributed by atoms with Crippen LogP contribution in [0.1, 0.15) is 18.5 Å². The smallest absolute Gasteiger partial charge is 0.0416 e. The van der Waals surface area contributed by atoms with Crippen molar-refractivity contribution in [1.29, 1.82) is 0 Å². The molecule has 1 N–H and O–H groups in total. The molecule has 0 unspecified atom stereocenters. The molecule has 0 fully saturated rings. The molecular formula is C15H21N3. The first-order valence-corrected chi connectivity index (χ1v) is 6.31. The Morgan fingerprint density at radius 3 is 3.00 bits per heavy atom. The van der Waals surface area contributed by atoms with Crippen molar-refractivity contribution in [2.75, 3.05) is 13.1 Å². The third kappa shape index (κ3) is 7.52. The van der Waals surface area contributed by atoms with Gasteiger partial charge in [0.1, 0.15) is 0 Å². The van der Waals surface area contributed by atoms with Gasteiger partial charge in [-0.3, -0.25) is 9.98 Å². The highest BCUT2D eigenvalue weighted by atomic mass is 14.8. The Hall–Kier alpha value is -1.74. The SMILES string of the molecule is C=N/C=C\C=C/CCCNCCc1ccccn1. The number of pyridine rings is 1. The largest absolute Gasteiger partial charge is 0.316 e. The van der Waals surface area contributed by atoms with E-state index < -0.39 is 0 Å². The first-order chi connectivity index (χ1) is 8.93. The van der Waals surface area contributed by atoms with Crippen LogP contribution in [0.3, 0.4) is 0 Å². The Morgan fingerprint density at radius 1 is 1.28 bits per heavy atom. The van der Waals surface area contributed by atoms with Crippen LogP contribution in [0, 0.1) is 0 Å². The monoisotopic (exact) mass is 243 g/mol. The molecule has 1 aromatic rings. The highest BCUT2D eigenvalue weighted by Crippen LogP contribution is 1.94. The number of aromatic nitrogens is 1. The van der Waals surface area contributed by atoms with E-state index in [-0.39, 0.29) is 0 Å². The lowest BCUT2D eigenvalue weighted by molar-refractivity contribution is 0.648. The lowest BCUT2D eigenvalue weighted by Crippen LogP contribution is -2.18. The molecule has 0 bridgehead atoms. The van der Waals surface area contributed by atoms with Gasteiger partial charge in [0.2, 0.25) is 0 Å². The molecule has 0 radical (unpaired) electrons. The number of hydrogen-bond donors (Lipinski definition) is 1. The van der Waals surface area contributed by atoms with Crippen LogP contribution >= 0.6 is 0 Å². The van der Waals surface area contributed by atoms with Gasteiger partial charge >= 0.3 is 0 Å². The number of hydrogen-bond acceptors (Lipinski definition) is 3. The second-order valence-corrected chi connectivity index (χ2v) is 3.92. The van der Waals surface area contributed by atoms with E-state index in [1.807, 2.05) is 30.5 Å². The maximum absolute atomic E-state index is 4.28. The van der Waals surface area contributed by atoms with Crippen molar-refractivity contribution in [3.05, 3.63) is 54.5 Å². The zero-order valence-corrected chi connectivity index (χ0v) is 10.8. The van der Waals surface area contributed by atoms with Crippen molar-refractivity contribution in [3.63, 3.8) is 0 Å². The van der Waals surface area contributed by atoms with Crippen molar-refractivity contribution in [1.82, 2.24) is 10.3 Å². The van der Waals surface area contributed by atoms with Crippen LogP contribution < -0.4 is 5.32 Å². The summed E-state index contributed by atoms with van der Waals surface area (Å²) in [6.07, 6.45) is 12.8. The molecular weight excluding hydrogens is 222 g/mol. The van der Waals surface area contributed by atoms with Gasteiger partial charge in [0, 0.05) is 31.1 Å². The Kier molecular flexibility index (Phi) is 8.29. The molecule has 0 aliphatic carbocycles. The van der Waals surface area contributed by atoms with E-state index in [4.69, 9.17) is 0 Å². The van der Waals surface area contributed by atoms with Crippen molar-refractivity contribution in [3.8, 4) is 0 Å². The summed E-state index contributed by atoms with van der Waals surface area (Å²) in [4.78, 5) is 7.90. The van der Waals surface area contributed by atoms with Gasteiger partial charge in [-0.05, 0) is 44.3 Å². The molecule has 0 saturated carbocycles. The Morgan fingerprint density at radius 2 is 2.22 bits per heavy atom. The fourth-order valence-electron chi connectivity index (χ4n) is 1.52. The molecule has 0 aliphatic heterocycles. The van der Waals surface area contributed by atoms with Crippen LogP contribution in [0.5, 0.6) is 0 Å².